The molecule has 1 N–H and O–H groups in total. The first kappa shape index (κ1) is 12.1. The van der Waals surface area contributed by atoms with Crippen molar-refractivity contribution in [3.63, 3.8) is 0 Å². The molecule has 0 amide bonds. The maximum absolute atomic E-state index is 5.39. The van der Waals surface area contributed by atoms with E-state index in [4.69, 9.17) is 12.2 Å². The van der Waals surface area contributed by atoms with Crippen LogP contribution in [0.4, 0.5) is 0 Å². The maximum atomic E-state index is 5.39. The van der Waals surface area contributed by atoms with Crippen molar-refractivity contribution >= 4 is 50.5 Å². The fourth-order valence-corrected chi connectivity index (χ4v) is 3.37. The van der Waals surface area contributed by atoms with Crippen LogP contribution < -0.4 is 0 Å². The Labute approximate surface area is 122 Å². The van der Waals surface area contributed by atoms with Crippen molar-refractivity contribution in [2.24, 2.45) is 0 Å². The zero-order chi connectivity index (χ0) is 12.5. The lowest BCUT2D eigenvalue weighted by Crippen LogP contribution is -2.00. The Bertz CT molecular complexity index is 725. The highest BCUT2D eigenvalue weighted by Crippen LogP contribution is 2.20. The Morgan fingerprint density at radius 1 is 1.33 bits per heavy atom. The molecule has 0 aliphatic rings. The summed E-state index contributed by atoms with van der Waals surface area (Å²) < 4.78 is 4.03. The van der Waals surface area contributed by atoms with Gasteiger partial charge in [-0.1, -0.05) is 22.0 Å². The molecule has 0 unspecified atom stereocenters. The standard InChI is InChI=1S/C13H11BrN2S2/c14-9-3-4-11-12(8-9)16(13(17)15-11)6-5-10-2-1-7-18-10/h1-4,7-8H,5-6H2,(H,15,17). The lowest BCUT2D eigenvalue weighted by molar-refractivity contribution is 0.712. The van der Waals surface area contributed by atoms with Crippen molar-refractivity contribution in [1.29, 1.82) is 0 Å². The van der Waals surface area contributed by atoms with E-state index >= 15 is 0 Å². The maximum Gasteiger partial charge on any atom is 0.178 e. The minimum atomic E-state index is 0.791. The van der Waals surface area contributed by atoms with Crippen LogP contribution in [0.15, 0.2) is 40.2 Å². The van der Waals surface area contributed by atoms with Crippen LogP contribution in [0, 0.1) is 4.77 Å². The number of nitrogens with one attached hydrogen (secondary N) is 1. The number of aromatic amines is 1. The van der Waals surface area contributed by atoms with Gasteiger partial charge in [0.05, 0.1) is 11.0 Å². The van der Waals surface area contributed by atoms with E-state index in [1.165, 1.54) is 4.88 Å². The van der Waals surface area contributed by atoms with Gasteiger partial charge in [0, 0.05) is 15.9 Å². The molecule has 0 saturated heterocycles. The van der Waals surface area contributed by atoms with Crippen molar-refractivity contribution in [2.75, 3.05) is 0 Å². The fraction of sp³-hybridized carbons (Fsp3) is 0.154. The smallest absolute Gasteiger partial charge is 0.178 e. The lowest BCUT2D eigenvalue weighted by Gasteiger charge is -2.03. The molecule has 0 aliphatic carbocycles. The highest BCUT2D eigenvalue weighted by molar-refractivity contribution is 9.10. The van der Waals surface area contributed by atoms with Gasteiger partial charge in [0.15, 0.2) is 4.77 Å². The molecule has 0 fully saturated rings. The summed E-state index contributed by atoms with van der Waals surface area (Å²) in [6, 6.07) is 10.4. The van der Waals surface area contributed by atoms with Crippen molar-refractivity contribution in [3.05, 3.63) is 49.8 Å². The molecule has 0 bridgehead atoms. The Hall–Kier alpha value is -0.910. The zero-order valence-electron chi connectivity index (χ0n) is 9.52. The van der Waals surface area contributed by atoms with Crippen LogP contribution in [-0.2, 0) is 13.0 Å². The van der Waals surface area contributed by atoms with Gasteiger partial charge in [-0.3, -0.25) is 0 Å². The van der Waals surface area contributed by atoms with E-state index in [1.54, 1.807) is 11.3 Å². The molecule has 18 heavy (non-hydrogen) atoms. The highest BCUT2D eigenvalue weighted by Gasteiger charge is 2.05. The first-order valence-corrected chi connectivity index (χ1v) is 7.72. The van der Waals surface area contributed by atoms with Crippen LogP contribution in [0.3, 0.4) is 0 Å². The number of H-pyrrole nitrogens is 1. The lowest BCUT2D eigenvalue weighted by atomic mass is 10.3. The number of nitrogens with zero attached hydrogens (tertiary/aromatic N) is 1. The molecule has 2 heterocycles. The molecule has 0 saturated carbocycles. The monoisotopic (exact) mass is 338 g/mol. The summed E-state index contributed by atoms with van der Waals surface area (Å²) in [5.74, 6) is 0. The van der Waals surface area contributed by atoms with Crippen molar-refractivity contribution in [1.82, 2.24) is 9.55 Å². The van der Waals surface area contributed by atoms with Gasteiger partial charge >= 0.3 is 0 Å². The molecule has 0 aliphatic heterocycles. The average molecular weight is 339 g/mol. The summed E-state index contributed by atoms with van der Waals surface area (Å²) in [7, 11) is 0. The van der Waals surface area contributed by atoms with Crippen molar-refractivity contribution in [2.45, 2.75) is 13.0 Å². The third-order valence-corrected chi connectivity index (χ3v) is 4.65. The number of aromatic nitrogens is 2. The Morgan fingerprint density at radius 2 is 2.22 bits per heavy atom. The van der Waals surface area contributed by atoms with Gasteiger partial charge in [-0.05, 0) is 48.3 Å². The van der Waals surface area contributed by atoms with Gasteiger partial charge in [-0.15, -0.1) is 11.3 Å². The number of benzene rings is 1. The topological polar surface area (TPSA) is 20.7 Å². The molecule has 0 atom stereocenters. The number of aryl methyl sites for hydroxylation is 2. The van der Waals surface area contributed by atoms with Crippen LogP contribution in [0.5, 0.6) is 0 Å². The van der Waals surface area contributed by atoms with E-state index in [0.717, 1.165) is 33.2 Å². The van der Waals surface area contributed by atoms with Gasteiger partial charge in [0.25, 0.3) is 0 Å². The summed E-state index contributed by atoms with van der Waals surface area (Å²) in [5, 5.41) is 2.11. The van der Waals surface area contributed by atoms with Gasteiger partial charge in [-0.25, -0.2) is 0 Å². The van der Waals surface area contributed by atoms with Gasteiger partial charge < -0.3 is 9.55 Å². The summed E-state index contributed by atoms with van der Waals surface area (Å²) in [4.78, 5) is 4.63. The minimum absolute atomic E-state index is 0.791. The van der Waals surface area contributed by atoms with E-state index in [2.05, 4.69) is 55.1 Å². The van der Waals surface area contributed by atoms with E-state index < -0.39 is 0 Å². The van der Waals surface area contributed by atoms with E-state index in [-0.39, 0.29) is 0 Å². The number of imidazole rings is 1. The van der Waals surface area contributed by atoms with Crippen molar-refractivity contribution < 1.29 is 0 Å². The van der Waals surface area contributed by atoms with Crippen LogP contribution in [0.25, 0.3) is 11.0 Å². The zero-order valence-corrected chi connectivity index (χ0v) is 12.7. The van der Waals surface area contributed by atoms with Gasteiger partial charge in [0.2, 0.25) is 0 Å². The van der Waals surface area contributed by atoms with E-state index in [9.17, 15) is 0 Å². The highest BCUT2D eigenvalue weighted by atomic mass is 79.9. The molecular formula is C13H11BrN2S2. The van der Waals surface area contributed by atoms with Gasteiger partial charge in [0.1, 0.15) is 0 Å². The second-order valence-electron chi connectivity index (χ2n) is 4.07. The molecule has 0 spiro atoms. The molecular weight excluding hydrogens is 328 g/mol. The SMILES string of the molecule is S=c1[nH]c2ccc(Br)cc2n1CCc1cccs1. The second-order valence-corrected chi connectivity index (χ2v) is 6.41. The number of thiophene rings is 1. The van der Waals surface area contributed by atoms with E-state index in [0.29, 0.717) is 0 Å². The number of hydrogen-bond donors (Lipinski definition) is 1. The predicted octanol–water partition coefficient (Wildman–Crippen LogP) is 4.77. The molecule has 2 nitrogen and oxygen atoms in total. The van der Waals surface area contributed by atoms with Crippen LogP contribution in [0.1, 0.15) is 4.88 Å². The second kappa shape index (κ2) is 4.99. The van der Waals surface area contributed by atoms with Crippen LogP contribution >= 0.6 is 39.5 Å². The summed E-state index contributed by atoms with van der Waals surface area (Å²) >= 11 is 10.7. The summed E-state index contributed by atoms with van der Waals surface area (Å²) in [6.45, 7) is 0.912. The predicted molar refractivity (Wildman–Crippen MR) is 82.8 cm³/mol. The first-order chi connectivity index (χ1) is 8.74. The Kier molecular flexibility index (Phi) is 3.37. The molecule has 3 aromatic rings. The molecule has 2 aromatic heterocycles. The number of halogens is 1. The fourth-order valence-electron chi connectivity index (χ4n) is 2.02. The number of fused-ring (bicyclic) bond motifs is 1. The van der Waals surface area contributed by atoms with Gasteiger partial charge in [-0.2, -0.15) is 0 Å². The molecule has 92 valence electrons. The Balaban J connectivity index is 1.98. The summed E-state index contributed by atoms with van der Waals surface area (Å²) in [6.07, 6.45) is 1.02. The molecule has 0 radical (unpaired) electrons. The average Bonchev–Trinajstić information content (AvgIpc) is 2.94. The third-order valence-electron chi connectivity index (χ3n) is 2.90. The van der Waals surface area contributed by atoms with Crippen LogP contribution in [-0.4, -0.2) is 9.55 Å². The minimum Gasteiger partial charge on any atom is -0.331 e. The summed E-state index contributed by atoms with van der Waals surface area (Å²) in [5.41, 5.74) is 2.25. The van der Waals surface area contributed by atoms with Crippen LogP contribution in [0.2, 0.25) is 0 Å². The molecule has 3 rings (SSSR count). The van der Waals surface area contributed by atoms with Crippen molar-refractivity contribution in [3.8, 4) is 0 Å². The van der Waals surface area contributed by atoms with E-state index in [1.807, 2.05) is 6.07 Å². The third kappa shape index (κ3) is 2.30. The normalized spacial score (nSPS) is 11.2. The number of rotatable bonds is 3. The molecule has 1 aromatic carbocycles. The molecule has 5 heteroatoms. The first-order valence-electron chi connectivity index (χ1n) is 5.64. The largest absolute Gasteiger partial charge is 0.331 e. The quantitative estimate of drug-likeness (QED) is 0.682. The number of hydrogen-bond acceptors (Lipinski definition) is 2. The Morgan fingerprint density at radius 3 is 3.00 bits per heavy atom.